The van der Waals surface area contributed by atoms with Crippen LogP contribution in [0.5, 0.6) is 0 Å². The van der Waals surface area contributed by atoms with Crippen molar-refractivity contribution in [3.63, 3.8) is 0 Å². The van der Waals surface area contributed by atoms with Crippen LogP contribution in [0.4, 0.5) is 5.69 Å². The standard InChI is InChI=1S/C19H30N4O.ClH/c1-16(2)23(17-6-4-3-5-7-17)19(24)15-21-10-12-22(13-11-21)18-8-9-20-14-18;/h3-7,16,18,20H,8-15H2,1-2H3;1H. The second-order valence-corrected chi connectivity index (χ2v) is 7.15. The zero-order valence-electron chi connectivity index (χ0n) is 15.4. The molecule has 6 heteroatoms. The molecule has 1 N–H and O–H groups in total. The van der Waals surface area contributed by atoms with Crippen molar-refractivity contribution in [3.8, 4) is 0 Å². The molecule has 0 aliphatic carbocycles. The van der Waals surface area contributed by atoms with Gasteiger partial charge in [-0.2, -0.15) is 0 Å². The Morgan fingerprint density at radius 1 is 1.20 bits per heavy atom. The fourth-order valence-corrected chi connectivity index (χ4v) is 3.82. The molecule has 1 aromatic carbocycles. The van der Waals surface area contributed by atoms with E-state index in [1.165, 1.54) is 6.42 Å². The third-order valence-corrected chi connectivity index (χ3v) is 5.14. The molecule has 2 aliphatic heterocycles. The van der Waals surface area contributed by atoms with E-state index in [4.69, 9.17) is 0 Å². The number of nitrogens with one attached hydrogen (secondary N) is 1. The van der Waals surface area contributed by atoms with E-state index in [9.17, 15) is 4.79 Å². The molecule has 140 valence electrons. The van der Waals surface area contributed by atoms with Gasteiger partial charge in [0.25, 0.3) is 0 Å². The molecule has 25 heavy (non-hydrogen) atoms. The van der Waals surface area contributed by atoms with Crippen LogP contribution in [0.3, 0.4) is 0 Å². The summed E-state index contributed by atoms with van der Waals surface area (Å²) in [5.41, 5.74) is 0.994. The molecular weight excluding hydrogens is 336 g/mol. The summed E-state index contributed by atoms with van der Waals surface area (Å²) >= 11 is 0. The van der Waals surface area contributed by atoms with Gasteiger partial charge in [0.1, 0.15) is 0 Å². The number of carbonyl (C=O) groups is 1. The fourth-order valence-electron chi connectivity index (χ4n) is 3.82. The van der Waals surface area contributed by atoms with Crippen LogP contribution in [0.1, 0.15) is 20.3 Å². The Bertz CT molecular complexity index is 525. The van der Waals surface area contributed by atoms with Gasteiger partial charge in [0, 0.05) is 50.5 Å². The van der Waals surface area contributed by atoms with Gasteiger partial charge in [0.2, 0.25) is 5.91 Å². The minimum absolute atomic E-state index is 0. The van der Waals surface area contributed by atoms with Crippen molar-refractivity contribution in [2.75, 3.05) is 50.7 Å². The SMILES string of the molecule is CC(C)N(C(=O)CN1CCN(C2CCNC2)CC1)c1ccccc1.Cl. The highest BCUT2D eigenvalue weighted by Gasteiger charge is 2.28. The normalized spacial score (nSPS) is 22.0. The Morgan fingerprint density at radius 2 is 1.88 bits per heavy atom. The van der Waals surface area contributed by atoms with Gasteiger partial charge in [0.05, 0.1) is 6.54 Å². The highest BCUT2D eigenvalue weighted by atomic mass is 35.5. The van der Waals surface area contributed by atoms with Gasteiger partial charge in [-0.1, -0.05) is 18.2 Å². The topological polar surface area (TPSA) is 38.8 Å². The van der Waals surface area contributed by atoms with Crippen molar-refractivity contribution in [2.24, 2.45) is 0 Å². The lowest BCUT2D eigenvalue weighted by atomic mass is 10.2. The molecule has 0 spiro atoms. The van der Waals surface area contributed by atoms with Crippen LogP contribution < -0.4 is 10.2 Å². The quantitative estimate of drug-likeness (QED) is 0.863. The molecule has 0 aromatic heterocycles. The number of hydrogen-bond acceptors (Lipinski definition) is 4. The number of para-hydroxylation sites is 1. The number of halogens is 1. The average molecular weight is 367 g/mol. The Morgan fingerprint density at radius 3 is 2.44 bits per heavy atom. The van der Waals surface area contributed by atoms with Crippen LogP contribution in [0.2, 0.25) is 0 Å². The molecule has 1 atom stereocenters. The summed E-state index contributed by atoms with van der Waals surface area (Å²) in [4.78, 5) is 19.7. The molecule has 0 radical (unpaired) electrons. The van der Waals surface area contributed by atoms with Gasteiger partial charge in [-0.15, -0.1) is 12.4 Å². The largest absolute Gasteiger partial charge is 0.315 e. The second-order valence-electron chi connectivity index (χ2n) is 7.15. The number of amides is 1. The van der Waals surface area contributed by atoms with E-state index < -0.39 is 0 Å². The van der Waals surface area contributed by atoms with Gasteiger partial charge < -0.3 is 10.2 Å². The van der Waals surface area contributed by atoms with Crippen molar-refractivity contribution in [2.45, 2.75) is 32.4 Å². The smallest absolute Gasteiger partial charge is 0.241 e. The Balaban J connectivity index is 0.00000225. The molecule has 0 bridgehead atoms. The van der Waals surface area contributed by atoms with Gasteiger partial charge in [0.15, 0.2) is 0 Å². The number of piperazine rings is 1. The minimum atomic E-state index is 0. The first-order valence-electron chi connectivity index (χ1n) is 9.19. The predicted octanol–water partition coefficient (Wildman–Crippen LogP) is 1.83. The van der Waals surface area contributed by atoms with Crippen molar-refractivity contribution in [3.05, 3.63) is 30.3 Å². The molecule has 2 saturated heterocycles. The predicted molar refractivity (Wildman–Crippen MR) is 106 cm³/mol. The highest BCUT2D eigenvalue weighted by molar-refractivity contribution is 5.95. The lowest BCUT2D eigenvalue weighted by molar-refractivity contribution is -0.120. The molecule has 1 amide bonds. The molecule has 5 nitrogen and oxygen atoms in total. The van der Waals surface area contributed by atoms with E-state index >= 15 is 0 Å². The van der Waals surface area contributed by atoms with Gasteiger partial charge in [-0.3, -0.25) is 14.6 Å². The Hall–Kier alpha value is -1.14. The lowest BCUT2D eigenvalue weighted by Gasteiger charge is -2.38. The monoisotopic (exact) mass is 366 g/mol. The molecule has 2 heterocycles. The summed E-state index contributed by atoms with van der Waals surface area (Å²) in [6.07, 6.45) is 1.26. The van der Waals surface area contributed by atoms with E-state index in [-0.39, 0.29) is 24.4 Å². The molecule has 1 aromatic rings. The van der Waals surface area contributed by atoms with E-state index in [0.29, 0.717) is 12.6 Å². The number of rotatable bonds is 5. The maximum Gasteiger partial charge on any atom is 0.241 e. The third kappa shape index (κ3) is 5.17. The summed E-state index contributed by atoms with van der Waals surface area (Å²) in [6, 6.07) is 10.9. The van der Waals surface area contributed by atoms with Crippen LogP contribution >= 0.6 is 12.4 Å². The summed E-state index contributed by atoms with van der Waals surface area (Å²) in [5, 5.41) is 3.44. The first-order chi connectivity index (χ1) is 11.6. The van der Waals surface area contributed by atoms with E-state index in [0.717, 1.165) is 45.0 Å². The molecule has 3 rings (SSSR count). The van der Waals surface area contributed by atoms with Crippen molar-refractivity contribution >= 4 is 24.0 Å². The molecule has 2 fully saturated rings. The number of hydrogen-bond donors (Lipinski definition) is 1. The molecule has 0 saturated carbocycles. The van der Waals surface area contributed by atoms with E-state index in [2.05, 4.69) is 29.0 Å². The number of nitrogens with zero attached hydrogens (tertiary/aromatic N) is 3. The summed E-state index contributed by atoms with van der Waals surface area (Å²) in [5.74, 6) is 0.201. The second kappa shape index (κ2) is 9.53. The first kappa shape index (κ1) is 20.2. The van der Waals surface area contributed by atoms with Crippen molar-refractivity contribution in [1.29, 1.82) is 0 Å². The fraction of sp³-hybridized carbons (Fsp3) is 0.632. The third-order valence-electron chi connectivity index (χ3n) is 5.14. The number of benzene rings is 1. The Kier molecular flexibility index (Phi) is 7.69. The highest BCUT2D eigenvalue weighted by Crippen LogP contribution is 2.18. The van der Waals surface area contributed by atoms with Gasteiger partial charge >= 0.3 is 0 Å². The van der Waals surface area contributed by atoms with Crippen LogP contribution in [0.25, 0.3) is 0 Å². The van der Waals surface area contributed by atoms with Crippen molar-refractivity contribution < 1.29 is 4.79 Å². The average Bonchev–Trinajstić information content (AvgIpc) is 3.11. The molecular formula is C19H31ClN4O. The minimum Gasteiger partial charge on any atom is -0.315 e. The first-order valence-corrected chi connectivity index (χ1v) is 9.19. The van der Waals surface area contributed by atoms with Crippen LogP contribution in [0, 0.1) is 0 Å². The van der Waals surface area contributed by atoms with E-state index in [1.54, 1.807) is 0 Å². The van der Waals surface area contributed by atoms with Crippen LogP contribution in [0.15, 0.2) is 30.3 Å². The van der Waals surface area contributed by atoms with Gasteiger partial charge in [-0.25, -0.2) is 0 Å². The zero-order chi connectivity index (χ0) is 16.9. The van der Waals surface area contributed by atoms with Crippen molar-refractivity contribution in [1.82, 2.24) is 15.1 Å². The van der Waals surface area contributed by atoms with Gasteiger partial charge in [-0.05, 0) is 38.9 Å². The Labute approximate surface area is 157 Å². The van der Waals surface area contributed by atoms with Crippen LogP contribution in [-0.4, -0.2) is 73.6 Å². The number of anilines is 1. The van der Waals surface area contributed by atoms with E-state index in [1.807, 2.05) is 35.2 Å². The summed E-state index contributed by atoms with van der Waals surface area (Å²) in [7, 11) is 0. The maximum atomic E-state index is 12.9. The summed E-state index contributed by atoms with van der Waals surface area (Å²) in [6.45, 7) is 11.1. The molecule has 1 unspecified atom stereocenters. The molecule has 2 aliphatic rings. The summed E-state index contributed by atoms with van der Waals surface area (Å²) < 4.78 is 0. The maximum absolute atomic E-state index is 12.9. The van der Waals surface area contributed by atoms with Crippen LogP contribution in [-0.2, 0) is 4.79 Å². The zero-order valence-corrected chi connectivity index (χ0v) is 16.2. The lowest BCUT2D eigenvalue weighted by Crippen LogP contribution is -2.53. The number of carbonyl (C=O) groups excluding carboxylic acids is 1.